The van der Waals surface area contributed by atoms with Crippen molar-refractivity contribution in [2.24, 2.45) is 5.41 Å². The molecule has 0 aromatic carbocycles. The SMILES string of the molecule is COCCC1(CNC(=O)n2ccnc2)CC1. The summed E-state index contributed by atoms with van der Waals surface area (Å²) in [6.07, 6.45) is 8.13. The number of hydrogen-bond donors (Lipinski definition) is 1. The Morgan fingerprint density at radius 3 is 3.00 bits per heavy atom. The number of aromatic nitrogens is 2. The number of rotatable bonds is 5. The quantitative estimate of drug-likeness (QED) is 0.817. The Morgan fingerprint density at radius 2 is 2.44 bits per heavy atom. The summed E-state index contributed by atoms with van der Waals surface area (Å²) in [5, 5.41) is 2.93. The maximum absolute atomic E-state index is 11.6. The van der Waals surface area contributed by atoms with Crippen LogP contribution < -0.4 is 5.32 Å². The molecule has 1 aliphatic rings. The summed E-state index contributed by atoms with van der Waals surface area (Å²) in [7, 11) is 1.71. The zero-order chi connectivity index (χ0) is 11.4. The van der Waals surface area contributed by atoms with Gasteiger partial charge in [-0.2, -0.15) is 0 Å². The van der Waals surface area contributed by atoms with Crippen molar-refractivity contribution in [3.63, 3.8) is 0 Å². The number of methoxy groups -OCH3 is 1. The van der Waals surface area contributed by atoms with Gasteiger partial charge in [-0.15, -0.1) is 0 Å². The lowest BCUT2D eigenvalue weighted by molar-refractivity contribution is 0.171. The summed E-state index contributed by atoms with van der Waals surface area (Å²) in [4.78, 5) is 15.5. The van der Waals surface area contributed by atoms with Crippen LogP contribution in [0, 0.1) is 5.41 Å². The van der Waals surface area contributed by atoms with E-state index in [1.54, 1.807) is 19.5 Å². The van der Waals surface area contributed by atoms with Crippen LogP contribution in [0.3, 0.4) is 0 Å². The minimum atomic E-state index is -0.110. The van der Waals surface area contributed by atoms with Crippen molar-refractivity contribution in [3.05, 3.63) is 18.7 Å². The van der Waals surface area contributed by atoms with E-state index in [1.165, 1.54) is 23.7 Å². The van der Waals surface area contributed by atoms with Crippen molar-refractivity contribution in [1.82, 2.24) is 14.9 Å². The molecule has 0 atom stereocenters. The molecular formula is C11H17N3O2. The van der Waals surface area contributed by atoms with Crippen LogP contribution in [0.4, 0.5) is 4.79 Å². The van der Waals surface area contributed by atoms with Gasteiger partial charge in [0.2, 0.25) is 0 Å². The van der Waals surface area contributed by atoms with Crippen molar-refractivity contribution >= 4 is 6.03 Å². The zero-order valence-corrected chi connectivity index (χ0v) is 9.48. The monoisotopic (exact) mass is 223 g/mol. The number of ether oxygens (including phenoxy) is 1. The van der Waals surface area contributed by atoms with Crippen LogP contribution in [0.1, 0.15) is 19.3 Å². The van der Waals surface area contributed by atoms with Crippen molar-refractivity contribution in [2.75, 3.05) is 20.3 Å². The summed E-state index contributed by atoms with van der Waals surface area (Å²) in [6.45, 7) is 1.49. The largest absolute Gasteiger partial charge is 0.385 e. The van der Waals surface area contributed by atoms with E-state index < -0.39 is 0 Å². The molecule has 16 heavy (non-hydrogen) atoms. The van der Waals surface area contributed by atoms with Gasteiger partial charge in [0, 0.05) is 32.7 Å². The summed E-state index contributed by atoms with van der Waals surface area (Å²) < 4.78 is 6.52. The van der Waals surface area contributed by atoms with Crippen molar-refractivity contribution in [1.29, 1.82) is 0 Å². The summed E-state index contributed by atoms with van der Waals surface area (Å²) >= 11 is 0. The highest BCUT2D eigenvalue weighted by molar-refractivity contribution is 5.76. The molecular weight excluding hydrogens is 206 g/mol. The molecule has 1 aromatic rings. The Hall–Kier alpha value is -1.36. The second kappa shape index (κ2) is 4.65. The average Bonchev–Trinajstić information content (AvgIpc) is 2.85. The number of amides is 1. The van der Waals surface area contributed by atoms with Crippen molar-refractivity contribution in [3.8, 4) is 0 Å². The van der Waals surface area contributed by atoms with Crippen LogP contribution in [0.2, 0.25) is 0 Å². The van der Waals surface area contributed by atoms with Crippen molar-refractivity contribution in [2.45, 2.75) is 19.3 Å². The normalized spacial score (nSPS) is 17.1. The molecule has 0 spiro atoms. The topological polar surface area (TPSA) is 56.1 Å². The molecule has 0 bridgehead atoms. The molecule has 5 heteroatoms. The maximum Gasteiger partial charge on any atom is 0.326 e. The van der Waals surface area contributed by atoms with Gasteiger partial charge in [-0.3, -0.25) is 4.57 Å². The lowest BCUT2D eigenvalue weighted by Crippen LogP contribution is -2.33. The molecule has 1 aromatic heterocycles. The number of imidazole rings is 1. The van der Waals surface area contributed by atoms with Gasteiger partial charge in [0.15, 0.2) is 0 Å². The van der Waals surface area contributed by atoms with Crippen LogP contribution in [-0.2, 0) is 4.74 Å². The third kappa shape index (κ3) is 2.61. The fraction of sp³-hybridized carbons (Fsp3) is 0.636. The molecule has 1 heterocycles. The van der Waals surface area contributed by atoms with E-state index in [2.05, 4.69) is 10.3 Å². The van der Waals surface area contributed by atoms with E-state index in [0.29, 0.717) is 0 Å². The predicted octanol–water partition coefficient (Wildman–Crippen LogP) is 1.26. The summed E-state index contributed by atoms with van der Waals surface area (Å²) in [5.41, 5.74) is 0.284. The van der Waals surface area contributed by atoms with Crippen LogP contribution >= 0.6 is 0 Å². The Labute approximate surface area is 94.8 Å². The average molecular weight is 223 g/mol. The fourth-order valence-electron chi connectivity index (χ4n) is 1.74. The van der Waals surface area contributed by atoms with Gasteiger partial charge in [0.05, 0.1) is 0 Å². The number of hydrogen-bond acceptors (Lipinski definition) is 3. The predicted molar refractivity (Wildman–Crippen MR) is 59.2 cm³/mol. The standard InChI is InChI=1S/C11H17N3O2/c1-16-7-4-11(2-3-11)8-13-10(15)14-6-5-12-9-14/h5-6,9H,2-4,7-8H2,1H3,(H,13,15). The Balaban J connectivity index is 1.77. The third-order valence-corrected chi connectivity index (χ3v) is 3.15. The Bertz CT molecular complexity index is 344. The number of carbonyl (C=O) groups is 1. The van der Waals surface area contributed by atoms with E-state index in [9.17, 15) is 4.79 Å². The Morgan fingerprint density at radius 1 is 1.62 bits per heavy atom. The van der Waals surface area contributed by atoms with Crippen LogP contribution in [-0.4, -0.2) is 35.8 Å². The maximum atomic E-state index is 11.6. The molecule has 1 saturated carbocycles. The number of carbonyl (C=O) groups excluding carboxylic acids is 1. The molecule has 1 aliphatic carbocycles. The lowest BCUT2D eigenvalue weighted by atomic mass is 10.0. The lowest BCUT2D eigenvalue weighted by Gasteiger charge is -2.15. The highest BCUT2D eigenvalue weighted by atomic mass is 16.5. The van der Waals surface area contributed by atoms with Gasteiger partial charge in [-0.1, -0.05) is 0 Å². The molecule has 1 amide bonds. The van der Waals surface area contributed by atoms with E-state index >= 15 is 0 Å². The van der Waals surface area contributed by atoms with E-state index in [4.69, 9.17) is 4.74 Å². The number of nitrogens with zero attached hydrogens (tertiary/aromatic N) is 2. The first-order chi connectivity index (χ1) is 7.76. The summed E-state index contributed by atoms with van der Waals surface area (Å²) in [6, 6.07) is -0.110. The highest BCUT2D eigenvalue weighted by Crippen LogP contribution is 2.48. The first-order valence-corrected chi connectivity index (χ1v) is 5.51. The van der Waals surface area contributed by atoms with E-state index in [0.717, 1.165) is 19.6 Å². The zero-order valence-electron chi connectivity index (χ0n) is 9.48. The molecule has 0 aliphatic heterocycles. The second-order valence-corrected chi connectivity index (χ2v) is 4.37. The summed E-state index contributed by atoms with van der Waals surface area (Å²) in [5.74, 6) is 0. The van der Waals surface area contributed by atoms with Gasteiger partial charge < -0.3 is 10.1 Å². The van der Waals surface area contributed by atoms with E-state index in [-0.39, 0.29) is 11.4 Å². The van der Waals surface area contributed by atoms with Gasteiger partial charge in [0.1, 0.15) is 6.33 Å². The smallest absolute Gasteiger partial charge is 0.326 e. The van der Waals surface area contributed by atoms with Crippen molar-refractivity contribution < 1.29 is 9.53 Å². The van der Waals surface area contributed by atoms with E-state index in [1.807, 2.05) is 0 Å². The van der Waals surface area contributed by atoms with Gasteiger partial charge in [0.25, 0.3) is 0 Å². The molecule has 1 fully saturated rings. The molecule has 2 rings (SSSR count). The minimum Gasteiger partial charge on any atom is -0.385 e. The van der Waals surface area contributed by atoms with Crippen LogP contribution in [0.25, 0.3) is 0 Å². The Kier molecular flexibility index (Phi) is 3.24. The fourth-order valence-corrected chi connectivity index (χ4v) is 1.74. The minimum absolute atomic E-state index is 0.110. The molecule has 0 radical (unpaired) electrons. The molecule has 0 saturated heterocycles. The first kappa shape index (κ1) is 11.1. The molecule has 5 nitrogen and oxygen atoms in total. The van der Waals surface area contributed by atoms with Gasteiger partial charge in [-0.05, 0) is 24.7 Å². The molecule has 0 unspecified atom stereocenters. The van der Waals surface area contributed by atoms with Crippen LogP contribution in [0.15, 0.2) is 18.7 Å². The second-order valence-electron chi connectivity index (χ2n) is 4.37. The van der Waals surface area contributed by atoms with Gasteiger partial charge >= 0.3 is 6.03 Å². The molecule has 88 valence electrons. The third-order valence-electron chi connectivity index (χ3n) is 3.15. The van der Waals surface area contributed by atoms with Crippen LogP contribution in [0.5, 0.6) is 0 Å². The molecule has 1 N–H and O–H groups in total. The first-order valence-electron chi connectivity index (χ1n) is 5.51. The highest BCUT2D eigenvalue weighted by Gasteiger charge is 2.42. The number of nitrogens with one attached hydrogen (secondary N) is 1. The van der Waals surface area contributed by atoms with Gasteiger partial charge in [-0.25, -0.2) is 9.78 Å².